The molecule has 0 amide bonds. The van der Waals surface area contributed by atoms with Gasteiger partial charge in [0.1, 0.15) is 5.82 Å². The van der Waals surface area contributed by atoms with E-state index in [4.69, 9.17) is 5.11 Å². The minimum atomic E-state index is 0.0591. The lowest BCUT2D eigenvalue weighted by Crippen LogP contribution is -2.33. The molecule has 1 N–H and O–H groups in total. The maximum atomic E-state index is 9.05. The van der Waals surface area contributed by atoms with Crippen LogP contribution in [0.5, 0.6) is 0 Å². The Kier molecular flexibility index (Phi) is 4.74. The van der Waals surface area contributed by atoms with Gasteiger partial charge in [0, 0.05) is 18.8 Å². The maximum Gasteiger partial charge on any atom is 0.131 e. The number of pyridine rings is 1. The van der Waals surface area contributed by atoms with E-state index in [1.807, 2.05) is 13.0 Å². The molecule has 1 aromatic rings. The van der Waals surface area contributed by atoms with Crippen LogP contribution in [0.15, 0.2) is 12.3 Å². The molecule has 0 bridgehead atoms. The minimum Gasteiger partial charge on any atom is -0.392 e. The highest BCUT2D eigenvalue weighted by atomic mass is 16.3. The molecular weight excluding hydrogens is 200 g/mol. The fourth-order valence-corrected chi connectivity index (χ4v) is 1.90. The second-order valence-electron chi connectivity index (χ2n) is 4.19. The van der Waals surface area contributed by atoms with Crippen molar-refractivity contribution in [1.29, 1.82) is 0 Å². The number of aliphatic hydroxyl groups excluding tert-OH is 1. The van der Waals surface area contributed by atoms with E-state index in [1.54, 1.807) is 6.20 Å². The van der Waals surface area contributed by atoms with Crippen molar-refractivity contribution in [1.82, 2.24) is 4.98 Å². The van der Waals surface area contributed by atoms with E-state index in [2.05, 4.69) is 30.7 Å². The van der Waals surface area contributed by atoms with Crippen LogP contribution >= 0.6 is 0 Å². The molecule has 0 radical (unpaired) electrons. The summed E-state index contributed by atoms with van der Waals surface area (Å²) in [5.74, 6) is 1.04. The van der Waals surface area contributed by atoms with Gasteiger partial charge >= 0.3 is 0 Å². The molecule has 0 fully saturated rings. The Morgan fingerprint density at radius 2 is 2.12 bits per heavy atom. The average molecular weight is 222 g/mol. The molecular formula is C13H22N2O. The maximum absolute atomic E-state index is 9.05. The first-order valence-electron chi connectivity index (χ1n) is 5.97. The van der Waals surface area contributed by atoms with Crippen LogP contribution in [0.3, 0.4) is 0 Å². The van der Waals surface area contributed by atoms with Gasteiger partial charge in [-0.05, 0) is 44.4 Å². The highest BCUT2D eigenvalue weighted by molar-refractivity contribution is 5.48. The number of aryl methyl sites for hydroxylation is 1. The van der Waals surface area contributed by atoms with Crippen LogP contribution in [-0.4, -0.2) is 22.7 Å². The summed E-state index contributed by atoms with van der Waals surface area (Å²) in [7, 11) is 0. The highest BCUT2D eigenvalue weighted by Crippen LogP contribution is 2.21. The smallest absolute Gasteiger partial charge is 0.131 e. The summed E-state index contributed by atoms with van der Waals surface area (Å²) in [4.78, 5) is 6.76. The van der Waals surface area contributed by atoms with Crippen LogP contribution in [-0.2, 0) is 6.61 Å². The van der Waals surface area contributed by atoms with Crippen molar-refractivity contribution < 1.29 is 5.11 Å². The molecule has 0 aliphatic heterocycles. The lowest BCUT2D eigenvalue weighted by molar-refractivity contribution is 0.281. The highest BCUT2D eigenvalue weighted by Gasteiger charge is 2.14. The summed E-state index contributed by atoms with van der Waals surface area (Å²) in [5, 5.41) is 9.05. The molecule has 0 aliphatic carbocycles. The molecule has 1 unspecified atom stereocenters. The predicted octanol–water partition coefficient (Wildman–Crippen LogP) is 2.51. The molecule has 3 heteroatoms. The molecule has 1 rings (SSSR count). The molecule has 90 valence electrons. The zero-order valence-corrected chi connectivity index (χ0v) is 10.7. The van der Waals surface area contributed by atoms with Gasteiger partial charge in [-0.3, -0.25) is 0 Å². The van der Waals surface area contributed by atoms with Gasteiger partial charge < -0.3 is 10.0 Å². The zero-order valence-electron chi connectivity index (χ0n) is 10.7. The Balaban J connectivity index is 3.01. The summed E-state index contributed by atoms with van der Waals surface area (Å²) in [5.41, 5.74) is 2.01. The lowest BCUT2D eigenvalue weighted by Gasteiger charge is -2.29. The third kappa shape index (κ3) is 2.73. The van der Waals surface area contributed by atoms with E-state index in [0.29, 0.717) is 6.04 Å². The molecule has 1 heterocycles. The number of hydrogen-bond acceptors (Lipinski definition) is 3. The number of rotatable bonds is 5. The van der Waals surface area contributed by atoms with E-state index in [-0.39, 0.29) is 6.61 Å². The number of aliphatic hydroxyl groups is 1. The topological polar surface area (TPSA) is 36.4 Å². The van der Waals surface area contributed by atoms with Crippen LogP contribution in [0.25, 0.3) is 0 Å². The average Bonchev–Trinajstić information content (AvgIpc) is 2.31. The number of nitrogens with zero attached hydrogens (tertiary/aromatic N) is 2. The van der Waals surface area contributed by atoms with E-state index in [9.17, 15) is 0 Å². The van der Waals surface area contributed by atoms with E-state index >= 15 is 0 Å². The van der Waals surface area contributed by atoms with Gasteiger partial charge in [-0.15, -0.1) is 0 Å². The molecule has 0 saturated carbocycles. The van der Waals surface area contributed by atoms with Gasteiger partial charge in [-0.25, -0.2) is 4.98 Å². The van der Waals surface area contributed by atoms with Crippen LogP contribution in [0.4, 0.5) is 5.82 Å². The normalized spacial score (nSPS) is 12.6. The van der Waals surface area contributed by atoms with Gasteiger partial charge in [0.15, 0.2) is 0 Å². The predicted molar refractivity (Wildman–Crippen MR) is 67.7 cm³/mol. The Labute approximate surface area is 98.1 Å². The van der Waals surface area contributed by atoms with Crippen molar-refractivity contribution in [2.75, 3.05) is 11.4 Å². The molecule has 0 saturated heterocycles. The molecule has 0 aromatic carbocycles. The van der Waals surface area contributed by atoms with E-state index in [1.165, 1.54) is 0 Å². The first-order valence-corrected chi connectivity index (χ1v) is 5.97. The lowest BCUT2D eigenvalue weighted by atomic mass is 10.1. The Morgan fingerprint density at radius 3 is 2.56 bits per heavy atom. The van der Waals surface area contributed by atoms with E-state index in [0.717, 1.165) is 29.9 Å². The fraction of sp³-hybridized carbons (Fsp3) is 0.615. The van der Waals surface area contributed by atoms with Gasteiger partial charge in [0.2, 0.25) is 0 Å². The van der Waals surface area contributed by atoms with Crippen LogP contribution < -0.4 is 4.90 Å². The minimum absolute atomic E-state index is 0.0591. The quantitative estimate of drug-likeness (QED) is 0.831. The Hall–Kier alpha value is -1.09. The van der Waals surface area contributed by atoms with Crippen LogP contribution in [0.2, 0.25) is 0 Å². The summed E-state index contributed by atoms with van der Waals surface area (Å²) < 4.78 is 0. The largest absolute Gasteiger partial charge is 0.392 e. The van der Waals surface area contributed by atoms with E-state index < -0.39 is 0 Å². The Morgan fingerprint density at radius 1 is 1.44 bits per heavy atom. The monoisotopic (exact) mass is 222 g/mol. The third-order valence-electron chi connectivity index (χ3n) is 3.03. The first kappa shape index (κ1) is 13.0. The standard InChI is InChI=1S/C13H22N2O/c1-5-11(4)15(6-2)13-10(3)7-12(9-16)8-14-13/h7-8,11,16H,5-6,9H2,1-4H3. The van der Waals surface area contributed by atoms with Gasteiger partial charge in [-0.2, -0.15) is 0 Å². The van der Waals surface area contributed by atoms with Gasteiger partial charge in [-0.1, -0.05) is 6.92 Å². The number of aromatic nitrogens is 1. The SMILES string of the molecule is CCC(C)N(CC)c1ncc(CO)cc1C. The van der Waals surface area contributed by atoms with Gasteiger partial charge in [0.25, 0.3) is 0 Å². The molecule has 0 spiro atoms. The van der Waals surface area contributed by atoms with Crippen molar-refractivity contribution in [2.24, 2.45) is 0 Å². The second-order valence-corrected chi connectivity index (χ2v) is 4.19. The molecule has 1 aromatic heterocycles. The first-order chi connectivity index (χ1) is 7.63. The zero-order chi connectivity index (χ0) is 12.1. The third-order valence-corrected chi connectivity index (χ3v) is 3.03. The van der Waals surface area contributed by atoms with Crippen molar-refractivity contribution in [3.05, 3.63) is 23.4 Å². The Bertz CT molecular complexity index is 339. The summed E-state index contributed by atoms with van der Waals surface area (Å²) in [6.07, 6.45) is 2.87. The van der Waals surface area contributed by atoms with Crippen molar-refractivity contribution in [2.45, 2.75) is 46.8 Å². The number of hydrogen-bond donors (Lipinski definition) is 1. The summed E-state index contributed by atoms with van der Waals surface area (Å²) in [6.45, 7) is 9.61. The van der Waals surface area contributed by atoms with Crippen LogP contribution in [0, 0.1) is 6.92 Å². The summed E-state index contributed by atoms with van der Waals surface area (Å²) in [6, 6.07) is 2.50. The second kappa shape index (κ2) is 5.85. The molecule has 0 aliphatic rings. The van der Waals surface area contributed by atoms with Crippen molar-refractivity contribution >= 4 is 5.82 Å². The molecule has 1 atom stereocenters. The molecule has 3 nitrogen and oxygen atoms in total. The van der Waals surface area contributed by atoms with Crippen molar-refractivity contribution in [3.8, 4) is 0 Å². The fourth-order valence-electron chi connectivity index (χ4n) is 1.90. The molecule has 16 heavy (non-hydrogen) atoms. The number of anilines is 1. The van der Waals surface area contributed by atoms with Gasteiger partial charge in [0.05, 0.1) is 6.61 Å². The van der Waals surface area contributed by atoms with Crippen LogP contribution in [0.1, 0.15) is 38.3 Å². The van der Waals surface area contributed by atoms with Crippen molar-refractivity contribution in [3.63, 3.8) is 0 Å². The summed E-state index contributed by atoms with van der Waals surface area (Å²) >= 11 is 0.